The fraction of sp³-hybridized carbons (Fsp3) is 0.409. The van der Waals surface area contributed by atoms with Crippen molar-refractivity contribution in [1.29, 1.82) is 0 Å². The van der Waals surface area contributed by atoms with Gasteiger partial charge in [-0.15, -0.1) is 0 Å². The van der Waals surface area contributed by atoms with Gasteiger partial charge in [0.25, 0.3) is 0 Å². The number of hydrogen-bond acceptors (Lipinski definition) is 3. The van der Waals surface area contributed by atoms with E-state index in [2.05, 4.69) is 5.32 Å². The van der Waals surface area contributed by atoms with Gasteiger partial charge in [0.15, 0.2) is 0 Å². The van der Waals surface area contributed by atoms with Crippen molar-refractivity contribution in [2.24, 2.45) is 5.92 Å². The maximum atomic E-state index is 13.3. The first-order valence-electron chi connectivity index (χ1n) is 10.1. The molecule has 1 amide bonds. The van der Waals surface area contributed by atoms with E-state index in [9.17, 15) is 26.4 Å². The van der Waals surface area contributed by atoms with Crippen LogP contribution in [-0.4, -0.2) is 31.7 Å². The summed E-state index contributed by atoms with van der Waals surface area (Å²) in [7, 11) is -4.32. The van der Waals surface area contributed by atoms with Crippen LogP contribution in [0.15, 0.2) is 47.4 Å². The molecule has 2 aromatic rings. The number of amides is 1. The molecule has 5 nitrogen and oxygen atoms in total. The van der Waals surface area contributed by atoms with E-state index in [4.69, 9.17) is 0 Å². The molecule has 0 radical (unpaired) electrons. The van der Waals surface area contributed by atoms with E-state index in [-0.39, 0.29) is 31.8 Å². The highest BCUT2D eigenvalue weighted by Crippen LogP contribution is 2.36. The van der Waals surface area contributed by atoms with E-state index < -0.39 is 32.6 Å². The quantitative estimate of drug-likeness (QED) is 0.717. The minimum Gasteiger partial charge on any atom is -0.325 e. The van der Waals surface area contributed by atoms with Crippen LogP contribution in [0, 0.1) is 12.8 Å². The molecule has 0 saturated carbocycles. The van der Waals surface area contributed by atoms with E-state index in [1.54, 1.807) is 0 Å². The molecule has 1 N–H and O–H groups in total. The molecule has 168 valence electrons. The molecule has 2 aromatic carbocycles. The first kappa shape index (κ1) is 23.3. The summed E-state index contributed by atoms with van der Waals surface area (Å²) in [6.07, 6.45) is -3.53. The van der Waals surface area contributed by atoms with Crippen molar-refractivity contribution in [2.75, 3.05) is 18.4 Å². The number of alkyl halides is 3. The summed E-state index contributed by atoms with van der Waals surface area (Å²) in [5.41, 5.74) is 1.54. The van der Waals surface area contributed by atoms with Crippen LogP contribution >= 0.6 is 0 Å². The van der Waals surface area contributed by atoms with Gasteiger partial charge in [0, 0.05) is 24.7 Å². The molecule has 0 spiro atoms. The highest BCUT2D eigenvalue weighted by atomic mass is 32.2. The molecule has 31 heavy (non-hydrogen) atoms. The Morgan fingerprint density at radius 1 is 1.10 bits per heavy atom. The zero-order valence-corrected chi connectivity index (χ0v) is 18.2. The molecule has 0 unspecified atom stereocenters. The molecule has 3 rings (SSSR count). The maximum absolute atomic E-state index is 13.3. The second kappa shape index (κ2) is 9.00. The SMILES string of the molecule is CCc1cccc(C)c1NC(=O)C1CCN(S(=O)(=O)c2ccccc2C(F)(F)F)CC1. The Hall–Kier alpha value is -2.39. The molecular weight excluding hydrogens is 429 g/mol. The van der Waals surface area contributed by atoms with Crippen LogP contribution in [0.1, 0.15) is 36.5 Å². The molecule has 1 aliphatic rings. The number of aryl methyl sites for hydroxylation is 2. The van der Waals surface area contributed by atoms with Gasteiger partial charge in [0.2, 0.25) is 15.9 Å². The molecular formula is C22H25F3N2O3S. The summed E-state index contributed by atoms with van der Waals surface area (Å²) in [5, 5.41) is 2.96. The number of halogens is 3. The second-order valence-electron chi connectivity index (χ2n) is 7.62. The van der Waals surface area contributed by atoms with Crippen LogP contribution < -0.4 is 5.32 Å². The van der Waals surface area contributed by atoms with Gasteiger partial charge in [-0.2, -0.15) is 17.5 Å². The summed E-state index contributed by atoms with van der Waals surface area (Å²) in [6.45, 7) is 3.87. The average molecular weight is 455 g/mol. The Bertz CT molecular complexity index is 1060. The summed E-state index contributed by atoms with van der Waals surface area (Å²) >= 11 is 0. The van der Waals surface area contributed by atoms with Crippen LogP contribution in [0.4, 0.5) is 18.9 Å². The minimum atomic E-state index is -4.77. The van der Waals surface area contributed by atoms with Gasteiger partial charge in [0.05, 0.1) is 10.5 Å². The average Bonchev–Trinajstić information content (AvgIpc) is 2.74. The first-order valence-corrected chi connectivity index (χ1v) is 11.6. The molecule has 0 atom stereocenters. The van der Waals surface area contributed by atoms with E-state index in [1.165, 1.54) is 6.07 Å². The van der Waals surface area contributed by atoms with Crippen molar-refractivity contribution in [3.05, 3.63) is 59.2 Å². The van der Waals surface area contributed by atoms with Crippen molar-refractivity contribution in [2.45, 2.75) is 44.2 Å². The molecule has 1 heterocycles. The van der Waals surface area contributed by atoms with Crippen LogP contribution in [0.3, 0.4) is 0 Å². The van der Waals surface area contributed by atoms with Gasteiger partial charge in [-0.25, -0.2) is 8.42 Å². The van der Waals surface area contributed by atoms with Gasteiger partial charge < -0.3 is 5.32 Å². The van der Waals surface area contributed by atoms with Gasteiger partial charge in [-0.05, 0) is 49.4 Å². The number of sulfonamides is 1. The lowest BCUT2D eigenvalue weighted by atomic mass is 9.96. The van der Waals surface area contributed by atoms with Crippen molar-refractivity contribution in [3.63, 3.8) is 0 Å². The Labute approximate surface area is 180 Å². The zero-order valence-electron chi connectivity index (χ0n) is 17.4. The first-order chi connectivity index (χ1) is 14.6. The summed E-state index contributed by atoms with van der Waals surface area (Å²) in [5.74, 6) is -0.606. The Kier molecular flexibility index (Phi) is 6.76. The number of para-hydroxylation sites is 1. The van der Waals surface area contributed by atoms with Crippen molar-refractivity contribution < 1.29 is 26.4 Å². The Morgan fingerprint density at radius 2 is 1.74 bits per heavy atom. The van der Waals surface area contributed by atoms with Gasteiger partial charge >= 0.3 is 6.18 Å². The Morgan fingerprint density at radius 3 is 2.35 bits per heavy atom. The van der Waals surface area contributed by atoms with E-state index in [0.717, 1.165) is 45.7 Å². The summed E-state index contributed by atoms with van der Waals surface area (Å²) in [6, 6.07) is 9.94. The number of anilines is 1. The van der Waals surface area contributed by atoms with Crippen LogP contribution in [0.2, 0.25) is 0 Å². The van der Waals surface area contributed by atoms with Crippen molar-refractivity contribution >= 4 is 21.6 Å². The van der Waals surface area contributed by atoms with E-state index in [1.807, 2.05) is 32.0 Å². The summed E-state index contributed by atoms with van der Waals surface area (Å²) < 4.78 is 66.6. The van der Waals surface area contributed by atoms with Gasteiger partial charge in [-0.3, -0.25) is 4.79 Å². The lowest BCUT2D eigenvalue weighted by Crippen LogP contribution is -2.42. The van der Waals surface area contributed by atoms with Crippen LogP contribution in [0.5, 0.6) is 0 Å². The predicted molar refractivity (Wildman–Crippen MR) is 112 cm³/mol. The maximum Gasteiger partial charge on any atom is 0.417 e. The monoisotopic (exact) mass is 454 g/mol. The molecule has 0 aliphatic carbocycles. The highest BCUT2D eigenvalue weighted by Gasteiger charge is 2.40. The number of carbonyl (C=O) groups excluding carboxylic acids is 1. The molecule has 9 heteroatoms. The number of benzene rings is 2. The zero-order chi connectivity index (χ0) is 22.8. The lowest BCUT2D eigenvalue weighted by molar-refractivity contribution is -0.139. The highest BCUT2D eigenvalue weighted by molar-refractivity contribution is 7.89. The predicted octanol–water partition coefficient (Wildman–Crippen LogP) is 4.62. The number of hydrogen-bond donors (Lipinski definition) is 1. The second-order valence-corrected chi connectivity index (χ2v) is 9.53. The standard InChI is InChI=1S/C22H25F3N2O3S/c1-3-16-8-6-7-15(2)20(16)26-21(28)17-11-13-27(14-12-17)31(29,30)19-10-5-4-9-18(19)22(23,24)25/h4-10,17H,3,11-14H2,1-2H3,(H,26,28). The van der Waals surface area contributed by atoms with E-state index in [0.29, 0.717) is 0 Å². The smallest absolute Gasteiger partial charge is 0.325 e. The number of rotatable bonds is 5. The third kappa shape index (κ3) is 4.93. The molecule has 1 aliphatic heterocycles. The van der Waals surface area contributed by atoms with Gasteiger partial charge in [-0.1, -0.05) is 37.3 Å². The number of carbonyl (C=O) groups is 1. The molecule has 1 fully saturated rings. The summed E-state index contributed by atoms with van der Waals surface area (Å²) in [4.78, 5) is 12.0. The number of nitrogens with zero attached hydrogens (tertiary/aromatic N) is 1. The van der Waals surface area contributed by atoms with E-state index >= 15 is 0 Å². The lowest BCUT2D eigenvalue weighted by Gasteiger charge is -2.31. The normalized spacial score (nSPS) is 16.3. The Balaban J connectivity index is 1.72. The molecule has 0 bridgehead atoms. The van der Waals surface area contributed by atoms with Crippen molar-refractivity contribution in [1.82, 2.24) is 4.31 Å². The molecule has 1 saturated heterocycles. The van der Waals surface area contributed by atoms with Crippen LogP contribution in [0.25, 0.3) is 0 Å². The van der Waals surface area contributed by atoms with Crippen molar-refractivity contribution in [3.8, 4) is 0 Å². The number of nitrogens with one attached hydrogen (secondary N) is 1. The third-order valence-corrected chi connectivity index (χ3v) is 7.58. The largest absolute Gasteiger partial charge is 0.417 e. The van der Waals surface area contributed by atoms with Crippen LogP contribution in [-0.2, 0) is 27.4 Å². The molecule has 0 aromatic heterocycles. The fourth-order valence-electron chi connectivity index (χ4n) is 3.85. The van der Waals surface area contributed by atoms with Gasteiger partial charge in [0.1, 0.15) is 0 Å². The minimum absolute atomic E-state index is 0.0129. The topological polar surface area (TPSA) is 66.5 Å². The third-order valence-electron chi connectivity index (χ3n) is 5.62. The number of piperidine rings is 1. The fourth-order valence-corrected chi connectivity index (χ4v) is 5.53.